The van der Waals surface area contributed by atoms with Crippen LogP contribution in [0.5, 0.6) is 0 Å². The number of nitrogens with one attached hydrogen (secondary N) is 1. The summed E-state index contributed by atoms with van der Waals surface area (Å²) in [6.07, 6.45) is -0.246. The Morgan fingerprint density at radius 1 is 1.22 bits per heavy atom. The number of ether oxygens (including phenoxy) is 1. The SMILES string of the molecule is CCOC(=O)/C(F)=C/C(F)(F)[C@](C)(N[S@@](=O)C(C)(C)C)c1ccccc1F. The van der Waals surface area contributed by atoms with Crippen molar-refractivity contribution in [2.75, 3.05) is 6.61 Å². The largest absolute Gasteiger partial charge is 0.461 e. The van der Waals surface area contributed by atoms with E-state index in [0.717, 1.165) is 19.1 Å². The van der Waals surface area contributed by atoms with Gasteiger partial charge in [0, 0.05) is 11.6 Å². The summed E-state index contributed by atoms with van der Waals surface area (Å²) in [5, 5.41) is 0. The van der Waals surface area contributed by atoms with Gasteiger partial charge in [-0.15, -0.1) is 0 Å². The fourth-order valence-corrected chi connectivity index (χ4v) is 2.99. The highest BCUT2D eigenvalue weighted by atomic mass is 32.2. The first-order valence-corrected chi connectivity index (χ1v) is 9.29. The van der Waals surface area contributed by atoms with Crippen LogP contribution in [0, 0.1) is 5.82 Å². The van der Waals surface area contributed by atoms with Gasteiger partial charge >= 0.3 is 5.97 Å². The predicted octanol–water partition coefficient (Wildman–Crippen LogP) is 4.14. The molecule has 0 aliphatic heterocycles. The third kappa shape index (κ3) is 5.38. The van der Waals surface area contributed by atoms with Gasteiger partial charge in [-0.25, -0.2) is 18.1 Å². The first-order chi connectivity index (χ1) is 12.3. The summed E-state index contributed by atoms with van der Waals surface area (Å²) in [6.45, 7) is 6.68. The van der Waals surface area contributed by atoms with Crippen molar-refractivity contribution >= 4 is 17.0 Å². The summed E-state index contributed by atoms with van der Waals surface area (Å²) >= 11 is 0. The fourth-order valence-electron chi connectivity index (χ4n) is 2.07. The maximum absolute atomic E-state index is 15.0. The average Bonchev–Trinajstić information content (AvgIpc) is 2.53. The van der Waals surface area contributed by atoms with Crippen molar-refractivity contribution in [1.82, 2.24) is 4.72 Å². The number of hydrogen-bond donors (Lipinski definition) is 1. The third-order valence-corrected chi connectivity index (χ3v) is 5.42. The van der Waals surface area contributed by atoms with Crippen molar-refractivity contribution in [3.8, 4) is 0 Å². The Kier molecular flexibility index (Phi) is 7.35. The molecular formula is C18H23F4NO3S. The number of benzene rings is 1. The molecule has 0 unspecified atom stereocenters. The Bertz CT molecular complexity index is 746. The van der Waals surface area contributed by atoms with E-state index in [9.17, 15) is 17.8 Å². The smallest absolute Gasteiger partial charge is 0.367 e. The number of hydrogen-bond acceptors (Lipinski definition) is 3. The van der Waals surface area contributed by atoms with Crippen LogP contribution in [0.25, 0.3) is 0 Å². The summed E-state index contributed by atoms with van der Waals surface area (Å²) < 4.78 is 76.4. The lowest BCUT2D eigenvalue weighted by molar-refractivity contribution is -0.140. The molecule has 1 aromatic rings. The normalized spacial score (nSPS) is 16.6. The molecule has 0 heterocycles. The first kappa shape index (κ1) is 23.3. The predicted molar refractivity (Wildman–Crippen MR) is 95.6 cm³/mol. The van der Waals surface area contributed by atoms with E-state index in [4.69, 9.17) is 0 Å². The Morgan fingerprint density at radius 2 is 1.78 bits per heavy atom. The molecule has 27 heavy (non-hydrogen) atoms. The molecule has 0 bridgehead atoms. The molecule has 0 spiro atoms. The highest BCUT2D eigenvalue weighted by molar-refractivity contribution is 7.84. The van der Waals surface area contributed by atoms with Crippen LogP contribution in [0.2, 0.25) is 0 Å². The summed E-state index contributed by atoms with van der Waals surface area (Å²) in [4.78, 5) is 11.4. The lowest BCUT2D eigenvalue weighted by Crippen LogP contribution is -2.56. The Labute approximate surface area is 158 Å². The first-order valence-electron chi connectivity index (χ1n) is 8.14. The number of carbonyl (C=O) groups excluding carboxylic acids is 1. The summed E-state index contributed by atoms with van der Waals surface area (Å²) in [6, 6.07) is 4.65. The van der Waals surface area contributed by atoms with Gasteiger partial charge in [0.05, 0.1) is 22.3 Å². The van der Waals surface area contributed by atoms with E-state index in [-0.39, 0.29) is 12.7 Å². The summed E-state index contributed by atoms with van der Waals surface area (Å²) in [5.41, 5.74) is -3.14. The number of halogens is 4. The van der Waals surface area contributed by atoms with Crippen molar-refractivity contribution in [2.24, 2.45) is 0 Å². The quantitative estimate of drug-likeness (QED) is 0.418. The maximum atomic E-state index is 15.0. The molecule has 0 saturated carbocycles. The molecule has 0 aliphatic rings. The molecule has 0 radical (unpaired) electrons. The lowest BCUT2D eigenvalue weighted by Gasteiger charge is -2.38. The minimum absolute atomic E-state index is 0.206. The van der Waals surface area contributed by atoms with Crippen LogP contribution in [-0.2, 0) is 26.1 Å². The summed E-state index contributed by atoms with van der Waals surface area (Å²) in [5.74, 6) is -8.52. The monoisotopic (exact) mass is 409 g/mol. The molecule has 1 rings (SSSR count). The molecule has 0 amide bonds. The maximum Gasteiger partial charge on any atom is 0.367 e. The van der Waals surface area contributed by atoms with Crippen LogP contribution >= 0.6 is 0 Å². The highest BCUT2D eigenvalue weighted by Crippen LogP contribution is 2.41. The molecule has 4 nitrogen and oxygen atoms in total. The molecule has 0 aliphatic carbocycles. The molecule has 0 fully saturated rings. The molecule has 9 heteroatoms. The Balaban J connectivity index is 3.53. The number of alkyl halides is 2. The van der Waals surface area contributed by atoms with Crippen LogP contribution in [0.1, 0.15) is 40.2 Å². The van der Waals surface area contributed by atoms with Crippen molar-refractivity contribution in [2.45, 2.75) is 50.8 Å². The van der Waals surface area contributed by atoms with Crippen molar-refractivity contribution in [3.05, 3.63) is 47.5 Å². The molecule has 0 saturated heterocycles. The number of carbonyl (C=O) groups is 1. The topological polar surface area (TPSA) is 55.4 Å². The van der Waals surface area contributed by atoms with Crippen LogP contribution in [0.4, 0.5) is 17.6 Å². The minimum Gasteiger partial charge on any atom is -0.461 e. The highest BCUT2D eigenvalue weighted by Gasteiger charge is 2.53. The van der Waals surface area contributed by atoms with E-state index in [1.165, 1.54) is 39.8 Å². The summed E-state index contributed by atoms with van der Waals surface area (Å²) in [7, 11) is -2.06. The van der Waals surface area contributed by atoms with Crippen molar-refractivity contribution in [1.29, 1.82) is 0 Å². The van der Waals surface area contributed by atoms with Crippen LogP contribution in [0.3, 0.4) is 0 Å². The number of esters is 1. The van der Waals surface area contributed by atoms with Gasteiger partial charge in [0.25, 0.3) is 5.92 Å². The van der Waals surface area contributed by atoms with Crippen LogP contribution < -0.4 is 4.72 Å². The van der Waals surface area contributed by atoms with E-state index in [1.807, 2.05) is 0 Å². The standard InChI is InChI=1S/C18H23F4NO3S/c1-6-26-15(24)14(20)11-18(21,22)17(5,23-27(25)16(2,3)4)12-9-7-8-10-13(12)19/h7-11,23H,6H2,1-5H3/b14-11-/t17-,27+/m1/s1. The average molecular weight is 409 g/mol. The molecule has 152 valence electrons. The van der Waals surface area contributed by atoms with Gasteiger partial charge in [-0.3, -0.25) is 0 Å². The van der Waals surface area contributed by atoms with Crippen molar-refractivity contribution < 1.29 is 31.3 Å². The minimum atomic E-state index is -4.13. The van der Waals surface area contributed by atoms with Gasteiger partial charge < -0.3 is 4.74 Å². The van der Waals surface area contributed by atoms with Crippen molar-refractivity contribution in [3.63, 3.8) is 0 Å². The van der Waals surface area contributed by atoms with Gasteiger partial charge in [-0.05, 0) is 40.7 Å². The van der Waals surface area contributed by atoms with Gasteiger partial charge in [-0.2, -0.15) is 13.2 Å². The van der Waals surface area contributed by atoms with E-state index >= 15 is 8.78 Å². The Morgan fingerprint density at radius 3 is 2.26 bits per heavy atom. The van der Waals surface area contributed by atoms with Gasteiger partial charge in [0.15, 0.2) is 0 Å². The number of rotatable bonds is 7. The molecule has 0 aromatic heterocycles. The third-order valence-electron chi connectivity index (χ3n) is 3.71. The zero-order valence-electron chi connectivity index (χ0n) is 15.7. The van der Waals surface area contributed by atoms with E-state index < -0.39 is 50.4 Å². The van der Waals surface area contributed by atoms with Crippen LogP contribution in [-0.4, -0.2) is 27.5 Å². The molecule has 1 aromatic carbocycles. The second-order valence-corrected chi connectivity index (χ2v) is 8.89. The van der Waals surface area contributed by atoms with E-state index in [0.29, 0.717) is 0 Å². The zero-order valence-corrected chi connectivity index (χ0v) is 16.6. The zero-order chi connectivity index (χ0) is 21.0. The Hall–Kier alpha value is -1.74. The van der Waals surface area contributed by atoms with Crippen LogP contribution in [0.15, 0.2) is 36.2 Å². The molecule has 1 N–H and O–H groups in total. The molecular weight excluding hydrogens is 386 g/mol. The second kappa shape index (κ2) is 8.52. The van der Waals surface area contributed by atoms with Gasteiger partial charge in [0.2, 0.25) is 5.83 Å². The lowest BCUT2D eigenvalue weighted by atomic mass is 9.85. The van der Waals surface area contributed by atoms with E-state index in [2.05, 4.69) is 9.46 Å². The van der Waals surface area contributed by atoms with E-state index in [1.54, 1.807) is 0 Å². The second-order valence-electron chi connectivity index (χ2n) is 6.92. The van der Waals surface area contributed by atoms with Gasteiger partial charge in [-0.1, -0.05) is 18.2 Å². The van der Waals surface area contributed by atoms with Gasteiger partial charge in [0.1, 0.15) is 11.4 Å². The molecule has 2 atom stereocenters. The fraction of sp³-hybridized carbons (Fsp3) is 0.500.